The number of anilines is 2. The summed E-state index contributed by atoms with van der Waals surface area (Å²) in [6.07, 6.45) is 0.127. The molecule has 0 unspecified atom stereocenters. The van der Waals surface area contributed by atoms with Crippen molar-refractivity contribution in [2.24, 2.45) is 0 Å². The average molecular weight is 441 g/mol. The number of rotatable bonds is 6. The van der Waals surface area contributed by atoms with Gasteiger partial charge in [-0.2, -0.15) is 0 Å². The zero-order valence-electron chi connectivity index (χ0n) is 13.8. The molecule has 0 bridgehead atoms. The van der Waals surface area contributed by atoms with Crippen molar-refractivity contribution in [3.63, 3.8) is 0 Å². The van der Waals surface area contributed by atoms with Crippen LogP contribution in [0.15, 0.2) is 41.8 Å². The number of carbonyl (C=O) groups excluding carboxylic acids is 2. The number of benzene rings is 1. The highest BCUT2D eigenvalue weighted by Crippen LogP contribution is 2.38. The third-order valence-electron chi connectivity index (χ3n) is 3.35. The Balaban J connectivity index is 1.44. The van der Waals surface area contributed by atoms with Gasteiger partial charge in [-0.3, -0.25) is 4.79 Å². The zero-order chi connectivity index (χ0) is 19.2. The molecule has 3 N–H and O–H groups in total. The molecular weight excluding hydrogens is 427 g/mol. The smallest absolute Gasteiger partial charge is 0.319 e. The van der Waals surface area contributed by atoms with Gasteiger partial charge >= 0.3 is 6.03 Å². The fourth-order valence-electron chi connectivity index (χ4n) is 2.14. The number of nitrogens with one attached hydrogen (secondary N) is 3. The number of aromatic nitrogens is 1. The van der Waals surface area contributed by atoms with Gasteiger partial charge in [0.1, 0.15) is 4.34 Å². The number of amides is 3. The van der Waals surface area contributed by atoms with Gasteiger partial charge in [-0.1, -0.05) is 41.4 Å². The van der Waals surface area contributed by atoms with Gasteiger partial charge in [0.2, 0.25) is 5.91 Å². The van der Waals surface area contributed by atoms with Gasteiger partial charge in [-0.15, -0.1) is 22.7 Å². The van der Waals surface area contributed by atoms with E-state index in [9.17, 15) is 9.59 Å². The van der Waals surface area contributed by atoms with Gasteiger partial charge in [0, 0.05) is 29.6 Å². The molecule has 0 saturated heterocycles. The number of hydrogen-bond acceptors (Lipinski definition) is 5. The van der Waals surface area contributed by atoms with E-state index in [1.807, 2.05) is 18.2 Å². The number of thiazole rings is 1. The van der Waals surface area contributed by atoms with Gasteiger partial charge in [-0.25, -0.2) is 9.78 Å². The summed E-state index contributed by atoms with van der Waals surface area (Å²) >= 11 is 14.6. The number of halogens is 2. The van der Waals surface area contributed by atoms with Crippen molar-refractivity contribution in [3.8, 4) is 11.3 Å². The van der Waals surface area contributed by atoms with E-state index >= 15 is 0 Å². The van der Waals surface area contributed by atoms with Crippen LogP contribution in [0.4, 0.5) is 15.6 Å². The molecule has 0 aliphatic heterocycles. The minimum absolute atomic E-state index is 0.127. The molecule has 0 fully saturated rings. The molecule has 10 heteroatoms. The molecule has 6 nitrogen and oxygen atoms in total. The minimum Gasteiger partial charge on any atom is -0.337 e. The molecule has 3 amide bonds. The molecule has 27 heavy (non-hydrogen) atoms. The first kappa shape index (κ1) is 19.6. The quantitative estimate of drug-likeness (QED) is 0.484. The summed E-state index contributed by atoms with van der Waals surface area (Å²) in [6, 6.07) is 10.4. The topological polar surface area (TPSA) is 83.1 Å². The fraction of sp³-hybridized carbons (Fsp3) is 0.118. The maximum absolute atomic E-state index is 12.0. The van der Waals surface area contributed by atoms with Crippen LogP contribution in [0, 0.1) is 0 Å². The first-order chi connectivity index (χ1) is 13.0. The van der Waals surface area contributed by atoms with E-state index in [0.717, 1.165) is 5.56 Å². The summed E-state index contributed by atoms with van der Waals surface area (Å²) in [5.74, 6) is -0.245. The third kappa shape index (κ3) is 5.67. The lowest BCUT2D eigenvalue weighted by Crippen LogP contribution is -2.31. The maximum atomic E-state index is 12.0. The van der Waals surface area contributed by atoms with Gasteiger partial charge in [0.15, 0.2) is 5.13 Å². The van der Waals surface area contributed by atoms with Gasteiger partial charge in [-0.05, 0) is 18.2 Å². The van der Waals surface area contributed by atoms with Crippen molar-refractivity contribution >= 4 is 68.6 Å². The molecule has 140 valence electrons. The van der Waals surface area contributed by atoms with E-state index in [-0.39, 0.29) is 24.9 Å². The van der Waals surface area contributed by atoms with E-state index < -0.39 is 0 Å². The minimum atomic E-state index is -0.366. The Morgan fingerprint density at radius 2 is 1.89 bits per heavy atom. The highest BCUT2D eigenvalue weighted by atomic mass is 35.5. The Labute approximate surface area is 173 Å². The summed E-state index contributed by atoms with van der Waals surface area (Å²) in [4.78, 5) is 28.1. The number of hydrogen-bond donors (Lipinski definition) is 3. The second kappa shape index (κ2) is 9.18. The Bertz CT molecular complexity index is 944. The lowest BCUT2D eigenvalue weighted by atomic mass is 10.3. The largest absolute Gasteiger partial charge is 0.337 e. The number of para-hydroxylation sites is 1. The highest BCUT2D eigenvalue weighted by Gasteiger charge is 2.13. The van der Waals surface area contributed by atoms with Gasteiger partial charge < -0.3 is 16.0 Å². The lowest BCUT2D eigenvalue weighted by Gasteiger charge is -2.07. The van der Waals surface area contributed by atoms with Crippen molar-refractivity contribution in [1.29, 1.82) is 0 Å². The van der Waals surface area contributed by atoms with Crippen LogP contribution in [0.3, 0.4) is 0 Å². The molecule has 0 aliphatic carbocycles. The number of carbonyl (C=O) groups is 2. The van der Waals surface area contributed by atoms with Gasteiger partial charge in [0.25, 0.3) is 0 Å². The van der Waals surface area contributed by atoms with E-state index in [0.29, 0.717) is 25.2 Å². The summed E-state index contributed by atoms with van der Waals surface area (Å²) in [7, 11) is 0. The standard InChI is InChI=1S/C17H14Cl2N4O2S2/c18-13-8-11(15(19)27-13)12-9-26-17(22-12)23-14(24)6-7-20-16(25)21-10-4-2-1-3-5-10/h1-5,8-9H,6-7H2,(H2,20,21,25)(H,22,23,24). The monoisotopic (exact) mass is 440 g/mol. The molecule has 2 heterocycles. The summed E-state index contributed by atoms with van der Waals surface area (Å²) in [5.41, 5.74) is 2.08. The molecule has 0 radical (unpaired) electrons. The van der Waals surface area contributed by atoms with Crippen molar-refractivity contribution in [1.82, 2.24) is 10.3 Å². The summed E-state index contributed by atoms with van der Waals surface area (Å²) in [5, 5.41) is 10.3. The predicted molar refractivity (Wildman–Crippen MR) is 112 cm³/mol. The van der Waals surface area contributed by atoms with Crippen molar-refractivity contribution in [2.75, 3.05) is 17.2 Å². The average Bonchev–Trinajstić information content (AvgIpc) is 3.21. The second-order valence-corrected chi connectivity index (χ2v) is 8.46. The molecular formula is C17H14Cl2N4O2S2. The fourth-order valence-corrected chi connectivity index (χ4v) is 4.35. The number of thiophene rings is 1. The summed E-state index contributed by atoms with van der Waals surface area (Å²) in [6.45, 7) is 0.203. The van der Waals surface area contributed by atoms with Crippen LogP contribution < -0.4 is 16.0 Å². The Morgan fingerprint density at radius 1 is 1.11 bits per heavy atom. The third-order valence-corrected chi connectivity index (χ3v) is 5.60. The van der Waals surface area contributed by atoms with Crippen molar-refractivity contribution in [2.45, 2.75) is 6.42 Å². The van der Waals surface area contributed by atoms with E-state index in [4.69, 9.17) is 23.2 Å². The molecule has 0 atom stereocenters. The Morgan fingerprint density at radius 3 is 2.59 bits per heavy atom. The van der Waals surface area contributed by atoms with E-state index in [1.54, 1.807) is 23.6 Å². The van der Waals surface area contributed by atoms with Crippen LogP contribution in [-0.2, 0) is 4.79 Å². The molecule has 1 aromatic carbocycles. The zero-order valence-corrected chi connectivity index (χ0v) is 16.9. The predicted octanol–water partition coefficient (Wildman–Crippen LogP) is 5.33. The van der Waals surface area contributed by atoms with Crippen LogP contribution >= 0.6 is 45.9 Å². The van der Waals surface area contributed by atoms with Crippen LogP contribution in [0.25, 0.3) is 11.3 Å². The number of nitrogens with zero attached hydrogens (tertiary/aromatic N) is 1. The first-order valence-corrected chi connectivity index (χ1v) is 10.3. The Hall–Kier alpha value is -2.13. The van der Waals surface area contributed by atoms with E-state index in [1.165, 1.54) is 22.7 Å². The Kier molecular flexibility index (Phi) is 6.68. The van der Waals surface area contributed by atoms with Gasteiger partial charge in [0.05, 0.1) is 10.0 Å². The van der Waals surface area contributed by atoms with Crippen molar-refractivity contribution < 1.29 is 9.59 Å². The lowest BCUT2D eigenvalue weighted by molar-refractivity contribution is -0.116. The van der Waals surface area contributed by atoms with Crippen LogP contribution in [-0.4, -0.2) is 23.5 Å². The second-order valence-electron chi connectivity index (χ2n) is 5.32. The highest BCUT2D eigenvalue weighted by molar-refractivity contribution is 7.20. The van der Waals surface area contributed by atoms with Crippen LogP contribution in [0.1, 0.15) is 6.42 Å². The number of urea groups is 1. The molecule has 3 rings (SSSR count). The molecule has 0 saturated carbocycles. The SMILES string of the molecule is O=C(CCNC(=O)Nc1ccccc1)Nc1nc(-c2cc(Cl)sc2Cl)cs1. The van der Waals surface area contributed by atoms with Crippen molar-refractivity contribution in [3.05, 3.63) is 50.5 Å². The maximum Gasteiger partial charge on any atom is 0.319 e. The van der Waals surface area contributed by atoms with E-state index in [2.05, 4.69) is 20.9 Å². The first-order valence-electron chi connectivity index (χ1n) is 7.82. The molecule has 0 spiro atoms. The summed E-state index contributed by atoms with van der Waals surface area (Å²) < 4.78 is 1.13. The van der Waals surface area contributed by atoms with Crippen LogP contribution in [0.2, 0.25) is 8.67 Å². The normalized spacial score (nSPS) is 10.4. The molecule has 3 aromatic rings. The van der Waals surface area contributed by atoms with Crippen LogP contribution in [0.5, 0.6) is 0 Å². The molecule has 2 aromatic heterocycles. The molecule has 0 aliphatic rings.